The summed E-state index contributed by atoms with van der Waals surface area (Å²) in [5, 5.41) is 4.09. The number of likely N-dealkylation sites (tertiary alicyclic amines) is 1. The highest BCUT2D eigenvalue weighted by molar-refractivity contribution is 6.18. The van der Waals surface area contributed by atoms with E-state index in [1.54, 1.807) is 0 Å². The van der Waals surface area contributed by atoms with Crippen LogP contribution in [0.25, 0.3) is 11.4 Å². The zero-order valence-corrected chi connectivity index (χ0v) is 13.9. The molecule has 2 aromatic rings. The molecule has 2 heterocycles. The van der Waals surface area contributed by atoms with E-state index in [1.165, 1.54) is 0 Å². The van der Waals surface area contributed by atoms with Gasteiger partial charge in [-0.1, -0.05) is 28.9 Å². The fourth-order valence-electron chi connectivity index (χ4n) is 2.98. The first-order chi connectivity index (χ1) is 11.2. The van der Waals surface area contributed by atoms with Crippen molar-refractivity contribution in [3.63, 3.8) is 0 Å². The first-order valence-corrected chi connectivity index (χ1v) is 8.48. The molecule has 1 aromatic heterocycles. The van der Waals surface area contributed by atoms with Crippen molar-refractivity contribution >= 4 is 17.5 Å². The second kappa shape index (κ2) is 7.13. The van der Waals surface area contributed by atoms with Crippen LogP contribution in [0.1, 0.15) is 43.2 Å². The third-order valence-corrected chi connectivity index (χ3v) is 4.32. The topological polar surface area (TPSA) is 59.2 Å². The van der Waals surface area contributed by atoms with Gasteiger partial charge in [0.25, 0.3) is 0 Å². The van der Waals surface area contributed by atoms with Crippen LogP contribution in [0.5, 0.6) is 0 Å². The summed E-state index contributed by atoms with van der Waals surface area (Å²) in [7, 11) is 0. The Bertz CT molecular complexity index is 686. The van der Waals surface area contributed by atoms with E-state index >= 15 is 0 Å². The fourth-order valence-corrected chi connectivity index (χ4v) is 3.14. The van der Waals surface area contributed by atoms with Gasteiger partial charge in [0, 0.05) is 24.4 Å². The molecule has 1 aliphatic heterocycles. The normalized spacial score (nSPS) is 18.2. The Morgan fingerprint density at radius 3 is 3.09 bits per heavy atom. The molecule has 23 heavy (non-hydrogen) atoms. The molecule has 0 aliphatic carbocycles. The van der Waals surface area contributed by atoms with Gasteiger partial charge in [-0.25, -0.2) is 0 Å². The number of hydrogen-bond acceptors (Lipinski definition) is 4. The number of hydrogen-bond donors (Lipinski definition) is 0. The molecule has 0 radical (unpaired) electrons. The number of benzene rings is 1. The largest absolute Gasteiger partial charge is 0.337 e. The van der Waals surface area contributed by atoms with E-state index in [-0.39, 0.29) is 11.9 Å². The van der Waals surface area contributed by atoms with Gasteiger partial charge < -0.3 is 9.42 Å². The minimum Gasteiger partial charge on any atom is -0.337 e. The number of aromatic nitrogens is 2. The minimum atomic E-state index is -0.134. The molecule has 0 saturated carbocycles. The molecule has 0 unspecified atom stereocenters. The van der Waals surface area contributed by atoms with Crippen LogP contribution in [-0.2, 0) is 4.79 Å². The maximum Gasteiger partial charge on any atom is 0.249 e. The van der Waals surface area contributed by atoms with E-state index in [2.05, 4.69) is 10.1 Å². The maximum absolute atomic E-state index is 12.3. The molecule has 122 valence electrons. The highest BCUT2D eigenvalue weighted by atomic mass is 35.5. The molecule has 1 aromatic carbocycles. The van der Waals surface area contributed by atoms with Gasteiger partial charge in [0.2, 0.25) is 17.6 Å². The minimum absolute atomic E-state index is 0.0556. The lowest BCUT2D eigenvalue weighted by Crippen LogP contribution is -2.38. The third-order valence-electron chi connectivity index (χ3n) is 4.13. The first-order valence-electron chi connectivity index (χ1n) is 7.95. The monoisotopic (exact) mass is 333 g/mol. The van der Waals surface area contributed by atoms with Crippen molar-refractivity contribution in [1.29, 1.82) is 0 Å². The summed E-state index contributed by atoms with van der Waals surface area (Å²) < 4.78 is 5.47. The third kappa shape index (κ3) is 3.55. The van der Waals surface area contributed by atoms with E-state index in [9.17, 15) is 4.79 Å². The highest BCUT2D eigenvalue weighted by Crippen LogP contribution is 2.31. The molecule has 5 nitrogen and oxygen atoms in total. The van der Waals surface area contributed by atoms with E-state index in [0.717, 1.165) is 36.9 Å². The van der Waals surface area contributed by atoms with Gasteiger partial charge in [-0.3, -0.25) is 4.79 Å². The molecule has 0 N–H and O–H groups in total. The second-order valence-electron chi connectivity index (χ2n) is 5.86. The fraction of sp³-hybridized carbons (Fsp3) is 0.471. The van der Waals surface area contributed by atoms with Gasteiger partial charge >= 0.3 is 0 Å². The molecule has 6 heteroatoms. The van der Waals surface area contributed by atoms with E-state index in [4.69, 9.17) is 16.1 Å². The lowest BCUT2D eigenvalue weighted by Gasteiger charge is -2.33. The van der Waals surface area contributed by atoms with Crippen LogP contribution in [-0.4, -0.2) is 33.4 Å². The molecule has 1 fully saturated rings. The molecule has 1 atom stereocenters. The summed E-state index contributed by atoms with van der Waals surface area (Å²) in [5.74, 6) is 1.48. The standard InChI is InChI=1S/C17H20ClN3O2/c1-12-5-4-6-13(11-12)16-19-17(23-20-16)14-7-2-3-10-21(14)15(22)8-9-18/h4-6,11,14H,2-3,7-10H2,1H3/t14-/m1/s1. The van der Waals surface area contributed by atoms with Crippen molar-refractivity contribution in [2.75, 3.05) is 12.4 Å². The molecule has 3 rings (SSSR count). The smallest absolute Gasteiger partial charge is 0.249 e. The summed E-state index contributed by atoms with van der Waals surface area (Å²) in [5.41, 5.74) is 2.07. The van der Waals surface area contributed by atoms with E-state index < -0.39 is 0 Å². The highest BCUT2D eigenvalue weighted by Gasteiger charge is 2.31. The van der Waals surface area contributed by atoms with Crippen LogP contribution in [0.4, 0.5) is 0 Å². The number of nitrogens with zero attached hydrogens (tertiary/aromatic N) is 3. The zero-order chi connectivity index (χ0) is 16.2. The summed E-state index contributed by atoms with van der Waals surface area (Å²) >= 11 is 5.71. The molecule has 1 saturated heterocycles. The van der Waals surface area contributed by atoms with Crippen molar-refractivity contribution in [3.05, 3.63) is 35.7 Å². The number of halogens is 1. The van der Waals surface area contributed by atoms with Crippen LogP contribution in [0.2, 0.25) is 0 Å². The summed E-state index contributed by atoms with van der Waals surface area (Å²) in [6, 6.07) is 7.84. The SMILES string of the molecule is Cc1cccc(-c2noc([C@H]3CCCCN3C(=O)CCCl)n2)c1. The Morgan fingerprint density at radius 1 is 1.43 bits per heavy atom. The van der Waals surface area contributed by atoms with Crippen LogP contribution in [0.3, 0.4) is 0 Å². The first kappa shape index (κ1) is 16.0. The van der Waals surface area contributed by atoms with Gasteiger partial charge in [0.05, 0.1) is 0 Å². The Morgan fingerprint density at radius 2 is 2.30 bits per heavy atom. The maximum atomic E-state index is 12.3. The van der Waals surface area contributed by atoms with E-state index in [1.807, 2.05) is 36.1 Å². The number of amides is 1. The number of aryl methyl sites for hydroxylation is 1. The number of alkyl halides is 1. The van der Waals surface area contributed by atoms with Crippen LogP contribution >= 0.6 is 11.6 Å². The summed E-state index contributed by atoms with van der Waals surface area (Å²) in [6.07, 6.45) is 3.25. The molecular weight excluding hydrogens is 314 g/mol. The number of carbonyl (C=O) groups is 1. The van der Waals surface area contributed by atoms with Crippen molar-refractivity contribution in [2.45, 2.75) is 38.6 Å². The van der Waals surface area contributed by atoms with Crippen molar-refractivity contribution in [2.24, 2.45) is 0 Å². The van der Waals surface area contributed by atoms with Crippen LogP contribution in [0.15, 0.2) is 28.8 Å². The molecule has 0 spiro atoms. The Balaban J connectivity index is 1.84. The van der Waals surface area contributed by atoms with Crippen molar-refractivity contribution in [3.8, 4) is 11.4 Å². The predicted octanol–water partition coefficient (Wildman–Crippen LogP) is 3.73. The van der Waals surface area contributed by atoms with Gasteiger partial charge in [0.15, 0.2) is 0 Å². The van der Waals surface area contributed by atoms with Gasteiger partial charge in [0.1, 0.15) is 6.04 Å². The Kier molecular flexibility index (Phi) is 4.96. The average Bonchev–Trinajstić information content (AvgIpc) is 3.05. The lowest BCUT2D eigenvalue weighted by molar-refractivity contribution is -0.135. The van der Waals surface area contributed by atoms with Crippen molar-refractivity contribution in [1.82, 2.24) is 15.0 Å². The molecule has 1 aliphatic rings. The van der Waals surface area contributed by atoms with Gasteiger partial charge in [-0.2, -0.15) is 4.98 Å². The van der Waals surface area contributed by atoms with Crippen LogP contribution in [0, 0.1) is 6.92 Å². The molecule has 0 bridgehead atoms. The molecular formula is C17H20ClN3O2. The summed E-state index contributed by atoms with van der Waals surface area (Å²) in [4.78, 5) is 18.6. The number of piperidine rings is 1. The predicted molar refractivity (Wildman–Crippen MR) is 88.1 cm³/mol. The zero-order valence-electron chi connectivity index (χ0n) is 13.2. The lowest BCUT2D eigenvalue weighted by atomic mass is 10.0. The number of rotatable bonds is 4. The van der Waals surface area contributed by atoms with Crippen LogP contribution < -0.4 is 0 Å². The second-order valence-corrected chi connectivity index (χ2v) is 6.24. The van der Waals surface area contributed by atoms with Gasteiger partial charge in [-0.05, 0) is 32.3 Å². The number of carbonyl (C=O) groups excluding carboxylic acids is 1. The Hall–Kier alpha value is -1.88. The van der Waals surface area contributed by atoms with E-state index in [0.29, 0.717) is 24.0 Å². The molecule has 1 amide bonds. The average molecular weight is 334 g/mol. The quantitative estimate of drug-likeness (QED) is 0.800. The Labute approximate surface area is 140 Å². The van der Waals surface area contributed by atoms with Crippen molar-refractivity contribution < 1.29 is 9.32 Å². The summed E-state index contributed by atoms with van der Waals surface area (Å²) in [6.45, 7) is 2.75. The van der Waals surface area contributed by atoms with Gasteiger partial charge in [-0.15, -0.1) is 11.6 Å².